The highest BCUT2D eigenvalue weighted by Gasteiger charge is 2.38. The van der Waals surface area contributed by atoms with Crippen LogP contribution in [0.15, 0.2) is 0 Å². The summed E-state index contributed by atoms with van der Waals surface area (Å²) in [6, 6.07) is 0.302. The van der Waals surface area contributed by atoms with Crippen LogP contribution in [0, 0.1) is 0 Å². The first-order valence-corrected chi connectivity index (χ1v) is 6.20. The van der Waals surface area contributed by atoms with Crippen molar-refractivity contribution < 1.29 is 4.79 Å². The first-order chi connectivity index (χ1) is 7.47. The van der Waals surface area contributed by atoms with E-state index in [9.17, 15) is 4.79 Å². The van der Waals surface area contributed by atoms with E-state index in [0.717, 1.165) is 19.4 Å². The lowest BCUT2D eigenvalue weighted by Gasteiger charge is -2.30. The molecular formula is C12H25N3O. The van der Waals surface area contributed by atoms with Crippen LogP contribution >= 0.6 is 0 Å². The van der Waals surface area contributed by atoms with Gasteiger partial charge >= 0.3 is 0 Å². The van der Waals surface area contributed by atoms with E-state index >= 15 is 0 Å². The van der Waals surface area contributed by atoms with E-state index in [2.05, 4.69) is 31.0 Å². The van der Waals surface area contributed by atoms with E-state index < -0.39 is 0 Å². The molecule has 1 aliphatic heterocycles. The molecule has 0 saturated carbocycles. The fourth-order valence-electron chi connectivity index (χ4n) is 2.52. The molecule has 94 valence electrons. The van der Waals surface area contributed by atoms with Crippen LogP contribution in [0.25, 0.3) is 0 Å². The van der Waals surface area contributed by atoms with Gasteiger partial charge in [-0.05, 0) is 34.4 Å². The van der Waals surface area contributed by atoms with Gasteiger partial charge in [0.25, 0.3) is 0 Å². The molecule has 0 spiro atoms. The van der Waals surface area contributed by atoms with Crippen LogP contribution in [0.4, 0.5) is 0 Å². The third kappa shape index (κ3) is 2.95. The van der Waals surface area contributed by atoms with Crippen molar-refractivity contribution >= 4 is 5.91 Å². The molecule has 0 radical (unpaired) electrons. The van der Waals surface area contributed by atoms with E-state index in [-0.39, 0.29) is 24.2 Å². The maximum atomic E-state index is 12.2. The molecule has 0 aromatic carbocycles. The molecule has 0 aromatic heterocycles. The number of carbonyl (C=O) groups is 1. The number of hydrogen-bond acceptors (Lipinski definition) is 3. The van der Waals surface area contributed by atoms with Crippen molar-refractivity contribution in [2.24, 2.45) is 0 Å². The van der Waals surface area contributed by atoms with Gasteiger partial charge in [0.2, 0.25) is 5.91 Å². The van der Waals surface area contributed by atoms with Crippen molar-refractivity contribution in [3.63, 3.8) is 0 Å². The van der Waals surface area contributed by atoms with Gasteiger partial charge in [-0.1, -0.05) is 13.3 Å². The number of hydrogen-bond donors (Lipinski definition) is 1. The molecule has 3 atom stereocenters. The van der Waals surface area contributed by atoms with E-state index in [1.54, 1.807) is 0 Å². The molecule has 1 fully saturated rings. The minimum Gasteiger partial charge on any atom is -0.322 e. The first kappa shape index (κ1) is 13.5. The summed E-state index contributed by atoms with van der Waals surface area (Å²) < 4.78 is 0. The van der Waals surface area contributed by atoms with Crippen LogP contribution in [-0.2, 0) is 4.79 Å². The lowest BCUT2D eigenvalue weighted by molar-refractivity contribution is -0.132. The summed E-state index contributed by atoms with van der Waals surface area (Å²) in [7, 11) is 4.08. The van der Waals surface area contributed by atoms with Crippen molar-refractivity contribution in [1.29, 1.82) is 0 Å². The largest absolute Gasteiger partial charge is 0.322 e. The third-order valence-corrected chi connectivity index (χ3v) is 3.09. The van der Waals surface area contributed by atoms with Crippen molar-refractivity contribution in [1.82, 2.24) is 15.1 Å². The highest BCUT2D eigenvalue weighted by molar-refractivity contribution is 5.84. The summed E-state index contributed by atoms with van der Waals surface area (Å²) in [5.74, 6) is 0.267. The Morgan fingerprint density at radius 2 is 2.12 bits per heavy atom. The summed E-state index contributed by atoms with van der Waals surface area (Å²) in [5, 5.41) is 3.37. The molecule has 3 unspecified atom stereocenters. The first-order valence-electron chi connectivity index (χ1n) is 6.20. The normalized spacial score (nSPS) is 27.9. The molecular weight excluding hydrogens is 202 g/mol. The SMILES string of the molecule is CCCC1NC(C)N(C(C)CN(C)C)C1=O. The highest BCUT2D eigenvalue weighted by atomic mass is 16.2. The molecule has 0 aliphatic carbocycles. The minimum absolute atomic E-state index is 0.0320. The van der Waals surface area contributed by atoms with Crippen molar-refractivity contribution in [2.45, 2.75) is 51.9 Å². The highest BCUT2D eigenvalue weighted by Crippen LogP contribution is 2.17. The molecule has 1 N–H and O–H groups in total. The molecule has 4 nitrogen and oxygen atoms in total. The zero-order chi connectivity index (χ0) is 12.3. The van der Waals surface area contributed by atoms with Crippen LogP contribution in [0.1, 0.15) is 33.6 Å². The topological polar surface area (TPSA) is 35.6 Å². The van der Waals surface area contributed by atoms with Gasteiger partial charge in [0, 0.05) is 12.6 Å². The summed E-state index contributed by atoms with van der Waals surface area (Å²) in [5.41, 5.74) is 0. The molecule has 1 aliphatic rings. The summed E-state index contributed by atoms with van der Waals surface area (Å²) in [6.45, 7) is 7.21. The molecule has 16 heavy (non-hydrogen) atoms. The third-order valence-electron chi connectivity index (χ3n) is 3.09. The quantitative estimate of drug-likeness (QED) is 0.757. The maximum absolute atomic E-state index is 12.2. The number of amides is 1. The Hall–Kier alpha value is -0.610. The molecule has 1 rings (SSSR count). The van der Waals surface area contributed by atoms with Gasteiger partial charge in [-0.3, -0.25) is 10.1 Å². The van der Waals surface area contributed by atoms with E-state index in [1.165, 1.54) is 0 Å². The van der Waals surface area contributed by atoms with Gasteiger partial charge in [-0.15, -0.1) is 0 Å². The van der Waals surface area contributed by atoms with Crippen LogP contribution in [0.5, 0.6) is 0 Å². The smallest absolute Gasteiger partial charge is 0.241 e. The standard InChI is InChI=1S/C12H25N3O/c1-6-7-11-12(16)15(10(3)13-11)9(2)8-14(4)5/h9-11,13H,6-8H2,1-5H3. The van der Waals surface area contributed by atoms with E-state index in [0.29, 0.717) is 0 Å². The molecule has 0 bridgehead atoms. The second-order valence-electron chi connectivity index (χ2n) is 5.04. The number of carbonyl (C=O) groups excluding carboxylic acids is 1. The van der Waals surface area contributed by atoms with Crippen LogP contribution in [0.3, 0.4) is 0 Å². The Balaban J connectivity index is 2.62. The molecule has 0 aromatic rings. The van der Waals surface area contributed by atoms with Crippen molar-refractivity contribution in [3.05, 3.63) is 0 Å². The predicted octanol–water partition coefficient (Wildman–Crippen LogP) is 0.883. The van der Waals surface area contributed by atoms with Gasteiger partial charge < -0.3 is 9.80 Å². The average Bonchev–Trinajstić information content (AvgIpc) is 2.41. The second-order valence-corrected chi connectivity index (χ2v) is 5.04. The van der Waals surface area contributed by atoms with E-state index in [1.807, 2.05) is 19.0 Å². The molecule has 1 amide bonds. The van der Waals surface area contributed by atoms with Crippen LogP contribution < -0.4 is 5.32 Å². The molecule has 1 heterocycles. The lowest BCUT2D eigenvalue weighted by Crippen LogP contribution is -2.46. The fraction of sp³-hybridized carbons (Fsp3) is 0.917. The van der Waals surface area contributed by atoms with Gasteiger partial charge in [-0.2, -0.15) is 0 Å². The monoisotopic (exact) mass is 227 g/mol. The second kappa shape index (κ2) is 5.64. The Kier molecular flexibility index (Phi) is 4.74. The Bertz CT molecular complexity index is 242. The Morgan fingerprint density at radius 3 is 2.62 bits per heavy atom. The fourth-order valence-corrected chi connectivity index (χ4v) is 2.52. The average molecular weight is 227 g/mol. The summed E-state index contributed by atoms with van der Waals surface area (Å²) in [6.07, 6.45) is 2.15. The molecule has 4 heteroatoms. The number of nitrogens with zero attached hydrogens (tertiary/aromatic N) is 2. The zero-order valence-corrected chi connectivity index (χ0v) is 11.2. The van der Waals surface area contributed by atoms with Gasteiger partial charge in [0.05, 0.1) is 12.2 Å². The molecule has 1 saturated heterocycles. The van der Waals surface area contributed by atoms with Gasteiger partial charge in [-0.25, -0.2) is 0 Å². The van der Waals surface area contributed by atoms with Crippen molar-refractivity contribution in [2.75, 3.05) is 20.6 Å². The lowest BCUT2D eigenvalue weighted by atomic mass is 10.1. The van der Waals surface area contributed by atoms with Gasteiger partial charge in [0.15, 0.2) is 0 Å². The van der Waals surface area contributed by atoms with Gasteiger partial charge in [0.1, 0.15) is 0 Å². The maximum Gasteiger partial charge on any atom is 0.241 e. The predicted molar refractivity (Wildman–Crippen MR) is 66.2 cm³/mol. The zero-order valence-electron chi connectivity index (χ0n) is 11.2. The van der Waals surface area contributed by atoms with Crippen LogP contribution in [-0.4, -0.2) is 54.6 Å². The van der Waals surface area contributed by atoms with E-state index in [4.69, 9.17) is 0 Å². The summed E-state index contributed by atoms with van der Waals surface area (Å²) >= 11 is 0. The van der Waals surface area contributed by atoms with Crippen LogP contribution in [0.2, 0.25) is 0 Å². The Morgan fingerprint density at radius 1 is 1.50 bits per heavy atom. The minimum atomic E-state index is 0.0320. The van der Waals surface area contributed by atoms with Crippen molar-refractivity contribution in [3.8, 4) is 0 Å². The Labute approximate surface area is 99.0 Å². The summed E-state index contributed by atoms with van der Waals surface area (Å²) in [4.78, 5) is 16.3. The number of rotatable bonds is 5. The number of likely N-dealkylation sites (N-methyl/N-ethyl adjacent to an activating group) is 1. The number of nitrogens with one attached hydrogen (secondary N) is 1.